The third-order valence-corrected chi connectivity index (χ3v) is 7.87. The summed E-state index contributed by atoms with van der Waals surface area (Å²) >= 11 is 0. The van der Waals surface area contributed by atoms with Gasteiger partial charge >= 0.3 is 12.2 Å². The molecule has 3 aromatic rings. The number of imidazole rings is 1. The molecule has 0 N–H and O–H groups in total. The van der Waals surface area contributed by atoms with Crippen molar-refractivity contribution in [2.45, 2.75) is 116 Å². The number of amides is 1. The Morgan fingerprint density at radius 1 is 0.930 bits per heavy atom. The van der Waals surface area contributed by atoms with E-state index in [9.17, 15) is 9.59 Å². The second-order valence-electron chi connectivity index (χ2n) is 13.9. The van der Waals surface area contributed by atoms with Gasteiger partial charge in [0, 0.05) is 18.8 Å². The fourth-order valence-electron chi connectivity index (χ4n) is 5.89. The van der Waals surface area contributed by atoms with Crippen LogP contribution in [-0.4, -0.2) is 66.9 Å². The molecule has 9 heteroatoms. The maximum atomic E-state index is 13.5. The van der Waals surface area contributed by atoms with Crippen LogP contribution in [0.4, 0.5) is 9.59 Å². The Balaban J connectivity index is 1.38. The number of fused-ring (bicyclic) bond motifs is 2. The molecule has 9 nitrogen and oxygen atoms in total. The summed E-state index contributed by atoms with van der Waals surface area (Å²) in [6, 6.07) is 12.3. The number of para-hydroxylation sites is 2. The highest BCUT2D eigenvalue weighted by Gasteiger charge is 2.35. The van der Waals surface area contributed by atoms with Crippen LogP contribution in [0.5, 0.6) is 0 Å². The summed E-state index contributed by atoms with van der Waals surface area (Å²) in [7, 11) is 0. The number of hydrogen-bond acceptors (Lipinski definition) is 7. The van der Waals surface area contributed by atoms with Crippen molar-refractivity contribution in [2.24, 2.45) is 0 Å². The summed E-state index contributed by atoms with van der Waals surface area (Å²) < 4.78 is 13.2. The first-order valence-electron chi connectivity index (χ1n) is 15.8. The summed E-state index contributed by atoms with van der Waals surface area (Å²) in [4.78, 5) is 40.5. The number of hydrogen-bond donors (Lipinski definition) is 0. The molecule has 0 spiro atoms. The number of rotatable bonds is 9. The van der Waals surface area contributed by atoms with Crippen LogP contribution in [0.2, 0.25) is 0 Å². The summed E-state index contributed by atoms with van der Waals surface area (Å²) in [6.45, 7) is 13.3. The second-order valence-corrected chi connectivity index (χ2v) is 13.9. The maximum Gasteiger partial charge on any atom is 0.420 e. The zero-order chi connectivity index (χ0) is 30.8. The molecule has 1 atom stereocenters. The van der Waals surface area contributed by atoms with Gasteiger partial charge in [-0.05, 0) is 117 Å². The smallest absolute Gasteiger partial charge is 0.420 e. The molecule has 0 radical (unpaired) electrons. The summed E-state index contributed by atoms with van der Waals surface area (Å²) in [5.41, 5.74) is 2.76. The minimum atomic E-state index is -0.632. The highest BCUT2D eigenvalue weighted by Crippen LogP contribution is 2.35. The number of ether oxygens (including phenoxy) is 2. The van der Waals surface area contributed by atoms with E-state index >= 15 is 0 Å². The number of aromatic nitrogens is 3. The predicted molar refractivity (Wildman–Crippen MR) is 167 cm³/mol. The van der Waals surface area contributed by atoms with Crippen molar-refractivity contribution in [2.75, 3.05) is 13.1 Å². The van der Waals surface area contributed by atoms with Crippen LogP contribution >= 0.6 is 0 Å². The van der Waals surface area contributed by atoms with Gasteiger partial charge in [0.15, 0.2) is 0 Å². The number of benzene rings is 1. The first kappa shape index (κ1) is 31.0. The molecular weight excluding hydrogens is 542 g/mol. The quantitative estimate of drug-likeness (QED) is 0.242. The normalized spacial score (nSPS) is 17.1. The van der Waals surface area contributed by atoms with E-state index in [0.717, 1.165) is 68.2 Å². The maximum absolute atomic E-state index is 13.5. The number of carbonyl (C=O) groups is 2. The van der Waals surface area contributed by atoms with Crippen molar-refractivity contribution in [3.05, 3.63) is 59.7 Å². The van der Waals surface area contributed by atoms with Gasteiger partial charge in [0.25, 0.3) is 0 Å². The number of nitrogens with zero attached hydrogens (tertiary/aromatic N) is 5. The SMILES string of the molecule is CC(C)(C)OC(=O)N(CCCCN(Cc1nc2ccccc2n1C(=O)OC(C)(C)C)C1CCCc2cccnc21)C1CC1. The molecule has 1 amide bonds. The minimum absolute atomic E-state index is 0.113. The van der Waals surface area contributed by atoms with Crippen molar-refractivity contribution in [1.82, 2.24) is 24.3 Å². The first-order chi connectivity index (χ1) is 20.4. The Labute approximate surface area is 255 Å². The standard InChI is InChI=1S/C34H47N5O4/c1-33(2,3)42-31(40)38(25-18-19-25)22-10-9-21-37(28-17-11-13-24-14-12-20-35-30(24)28)23-29-36-26-15-7-8-16-27(26)39(29)32(41)43-34(4,5)6/h7-8,12,14-16,20,25,28H,9-11,13,17-19,21-23H2,1-6H3. The molecule has 2 aromatic heterocycles. The average Bonchev–Trinajstić information content (AvgIpc) is 3.69. The van der Waals surface area contributed by atoms with E-state index in [1.165, 1.54) is 5.56 Å². The molecule has 2 heterocycles. The van der Waals surface area contributed by atoms with E-state index in [4.69, 9.17) is 19.4 Å². The van der Waals surface area contributed by atoms with Crippen LogP contribution in [0.3, 0.4) is 0 Å². The number of aryl methyl sites for hydroxylation is 1. The van der Waals surface area contributed by atoms with Gasteiger partial charge in [0.1, 0.15) is 17.0 Å². The molecule has 1 saturated carbocycles. The second kappa shape index (κ2) is 12.6. The Kier molecular flexibility index (Phi) is 9.11. The molecule has 0 aliphatic heterocycles. The first-order valence-corrected chi connectivity index (χ1v) is 15.8. The largest absolute Gasteiger partial charge is 0.444 e. The topological polar surface area (TPSA) is 89.8 Å². The zero-order valence-corrected chi connectivity index (χ0v) is 26.6. The van der Waals surface area contributed by atoms with Gasteiger partial charge in [-0.2, -0.15) is 0 Å². The van der Waals surface area contributed by atoms with Crippen LogP contribution in [0.15, 0.2) is 42.6 Å². The molecular formula is C34H47N5O4. The highest BCUT2D eigenvalue weighted by atomic mass is 16.6. The molecule has 2 aliphatic rings. The van der Waals surface area contributed by atoms with Crippen LogP contribution < -0.4 is 0 Å². The lowest BCUT2D eigenvalue weighted by atomic mass is 9.90. The fraction of sp³-hybridized carbons (Fsp3) is 0.588. The van der Waals surface area contributed by atoms with Gasteiger partial charge in [0.2, 0.25) is 0 Å². The third-order valence-electron chi connectivity index (χ3n) is 7.87. The van der Waals surface area contributed by atoms with Gasteiger partial charge in [-0.1, -0.05) is 18.2 Å². The lowest BCUT2D eigenvalue weighted by molar-refractivity contribution is 0.0228. The third kappa shape index (κ3) is 7.93. The predicted octanol–water partition coefficient (Wildman–Crippen LogP) is 7.27. The molecule has 5 rings (SSSR count). The van der Waals surface area contributed by atoms with Crippen molar-refractivity contribution >= 4 is 23.2 Å². The number of unbranched alkanes of at least 4 members (excludes halogenated alkanes) is 1. The summed E-state index contributed by atoms with van der Waals surface area (Å²) in [5, 5.41) is 0. The van der Waals surface area contributed by atoms with E-state index in [2.05, 4.69) is 11.0 Å². The molecule has 43 heavy (non-hydrogen) atoms. The van der Waals surface area contributed by atoms with Crippen LogP contribution in [0.1, 0.15) is 103 Å². The van der Waals surface area contributed by atoms with Gasteiger partial charge in [0.05, 0.1) is 29.3 Å². The van der Waals surface area contributed by atoms with E-state index in [1.54, 1.807) is 4.57 Å². The van der Waals surface area contributed by atoms with Gasteiger partial charge in [-0.25, -0.2) is 19.1 Å². The van der Waals surface area contributed by atoms with E-state index in [-0.39, 0.29) is 18.2 Å². The molecule has 0 saturated heterocycles. The summed E-state index contributed by atoms with van der Waals surface area (Å²) in [5.74, 6) is 0.659. The van der Waals surface area contributed by atoms with Gasteiger partial charge in [-0.15, -0.1) is 0 Å². The van der Waals surface area contributed by atoms with Gasteiger partial charge < -0.3 is 14.4 Å². The van der Waals surface area contributed by atoms with Crippen molar-refractivity contribution in [3.8, 4) is 0 Å². The Bertz CT molecular complexity index is 1430. The Morgan fingerprint density at radius 3 is 2.37 bits per heavy atom. The van der Waals surface area contributed by atoms with Crippen LogP contribution in [0.25, 0.3) is 11.0 Å². The van der Waals surface area contributed by atoms with Crippen molar-refractivity contribution < 1.29 is 19.1 Å². The summed E-state index contributed by atoms with van der Waals surface area (Å²) in [6.07, 6.45) is 8.15. The lowest BCUT2D eigenvalue weighted by Gasteiger charge is -2.35. The van der Waals surface area contributed by atoms with E-state index < -0.39 is 17.3 Å². The fourth-order valence-corrected chi connectivity index (χ4v) is 5.89. The van der Waals surface area contributed by atoms with E-state index in [1.807, 2.05) is 83.0 Å². The molecule has 1 unspecified atom stereocenters. The van der Waals surface area contributed by atoms with E-state index in [0.29, 0.717) is 18.9 Å². The Morgan fingerprint density at radius 2 is 1.65 bits per heavy atom. The van der Waals surface area contributed by atoms with Crippen LogP contribution in [-0.2, 0) is 22.4 Å². The highest BCUT2D eigenvalue weighted by molar-refractivity contribution is 5.87. The lowest BCUT2D eigenvalue weighted by Crippen LogP contribution is -2.39. The zero-order valence-electron chi connectivity index (χ0n) is 26.6. The molecule has 1 fully saturated rings. The molecule has 0 bridgehead atoms. The van der Waals surface area contributed by atoms with Crippen molar-refractivity contribution in [1.29, 1.82) is 0 Å². The minimum Gasteiger partial charge on any atom is -0.444 e. The van der Waals surface area contributed by atoms with Crippen molar-refractivity contribution in [3.63, 3.8) is 0 Å². The molecule has 2 aliphatic carbocycles. The number of pyridine rings is 1. The number of carbonyl (C=O) groups excluding carboxylic acids is 2. The van der Waals surface area contributed by atoms with Gasteiger partial charge in [-0.3, -0.25) is 9.88 Å². The average molecular weight is 590 g/mol. The molecule has 1 aromatic carbocycles. The Hall–Kier alpha value is -3.46. The molecule has 232 valence electrons. The van der Waals surface area contributed by atoms with Crippen LogP contribution in [0, 0.1) is 0 Å². The monoisotopic (exact) mass is 589 g/mol.